The van der Waals surface area contributed by atoms with Crippen LogP contribution in [0.3, 0.4) is 0 Å². The van der Waals surface area contributed by atoms with Crippen molar-refractivity contribution in [2.45, 2.75) is 50.2 Å². The third kappa shape index (κ3) is 5.95. The van der Waals surface area contributed by atoms with Gasteiger partial charge in [-0.25, -0.2) is 13.2 Å². The first-order chi connectivity index (χ1) is 15.3. The molecule has 1 aliphatic rings. The minimum atomic E-state index is -3.68. The molecule has 32 heavy (non-hydrogen) atoms. The van der Waals surface area contributed by atoms with E-state index in [1.54, 1.807) is 7.05 Å². The molecule has 0 aliphatic carbocycles. The number of likely N-dealkylation sites (N-methyl/N-ethyl adjacent to an activating group) is 1. The molecular weight excluding hydrogens is 428 g/mol. The van der Waals surface area contributed by atoms with E-state index in [4.69, 9.17) is 4.74 Å². The molecule has 0 saturated carbocycles. The quantitative estimate of drug-likeness (QED) is 0.594. The molecule has 0 radical (unpaired) electrons. The molecule has 1 unspecified atom stereocenters. The molecule has 1 atom stereocenters. The zero-order valence-electron chi connectivity index (χ0n) is 18.6. The van der Waals surface area contributed by atoms with Crippen LogP contribution in [-0.2, 0) is 26.1 Å². The lowest BCUT2D eigenvalue weighted by molar-refractivity contribution is -0.139. The first-order valence-electron chi connectivity index (χ1n) is 10.9. The molecule has 3 rings (SSSR count). The van der Waals surface area contributed by atoms with Crippen molar-refractivity contribution in [3.05, 3.63) is 65.7 Å². The molecule has 1 heterocycles. The number of rotatable bonds is 7. The smallest absolute Gasteiger partial charge is 0.338 e. The highest BCUT2D eigenvalue weighted by molar-refractivity contribution is 7.89. The largest absolute Gasteiger partial charge is 0.449 e. The van der Waals surface area contributed by atoms with Gasteiger partial charge in [0.2, 0.25) is 10.0 Å². The normalized spacial score (nSPS) is 16.1. The summed E-state index contributed by atoms with van der Waals surface area (Å²) in [6.07, 6.45) is 2.70. The Kier molecular flexibility index (Phi) is 8.04. The molecule has 1 aliphatic heterocycles. The highest BCUT2D eigenvalue weighted by Gasteiger charge is 2.27. The average Bonchev–Trinajstić information content (AvgIpc) is 3.09. The summed E-state index contributed by atoms with van der Waals surface area (Å²) < 4.78 is 32.9. The van der Waals surface area contributed by atoms with E-state index in [1.165, 1.54) is 40.4 Å². The first-order valence-corrected chi connectivity index (χ1v) is 12.3. The summed E-state index contributed by atoms with van der Waals surface area (Å²) in [6, 6.07) is 15.3. The average molecular weight is 459 g/mol. The molecule has 2 aromatic rings. The maximum atomic E-state index is 13.0. The SMILES string of the molecule is CC(OC(=O)c1cccc(S(=O)(=O)N2CCCCCC2)c1)C(=O)N(C)Cc1ccccc1. The zero-order chi connectivity index (χ0) is 23.1. The van der Waals surface area contributed by atoms with Crippen LogP contribution in [0.1, 0.15) is 48.5 Å². The summed E-state index contributed by atoms with van der Waals surface area (Å²) in [6.45, 7) is 2.87. The number of nitrogens with zero attached hydrogens (tertiary/aromatic N) is 2. The van der Waals surface area contributed by atoms with Gasteiger partial charge < -0.3 is 9.64 Å². The molecule has 2 aromatic carbocycles. The second-order valence-corrected chi connectivity index (χ2v) is 10.0. The maximum absolute atomic E-state index is 13.0. The molecule has 0 spiro atoms. The van der Waals surface area contributed by atoms with Crippen LogP contribution in [0, 0.1) is 0 Å². The molecule has 8 heteroatoms. The predicted octanol–water partition coefficient (Wildman–Crippen LogP) is 3.46. The summed E-state index contributed by atoms with van der Waals surface area (Å²) in [5.41, 5.74) is 1.07. The number of esters is 1. The van der Waals surface area contributed by atoms with Gasteiger partial charge in [-0.2, -0.15) is 4.31 Å². The number of amides is 1. The standard InChI is InChI=1S/C24H30N2O5S/c1-19(23(27)25(2)18-20-11-6-5-7-12-20)31-24(28)21-13-10-14-22(17-21)32(29,30)26-15-8-3-4-9-16-26/h5-7,10-14,17,19H,3-4,8-9,15-16,18H2,1-2H3. The third-order valence-corrected chi connectivity index (χ3v) is 7.44. The van der Waals surface area contributed by atoms with Crippen LogP contribution < -0.4 is 0 Å². The van der Waals surface area contributed by atoms with E-state index >= 15 is 0 Å². The van der Waals surface area contributed by atoms with Gasteiger partial charge in [-0.1, -0.05) is 49.2 Å². The number of carbonyl (C=O) groups excluding carboxylic acids is 2. The lowest BCUT2D eigenvalue weighted by Gasteiger charge is -2.22. The monoisotopic (exact) mass is 458 g/mol. The number of sulfonamides is 1. The second-order valence-electron chi connectivity index (χ2n) is 8.07. The first kappa shape index (κ1) is 23.9. The fraction of sp³-hybridized carbons (Fsp3) is 0.417. The van der Waals surface area contributed by atoms with Crippen LogP contribution in [0.25, 0.3) is 0 Å². The van der Waals surface area contributed by atoms with Gasteiger partial charge in [-0.15, -0.1) is 0 Å². The van der Waals surface area contributed by atoms with Gasteiger partial charge in [-0.3, -0.25) is 4.79 Å². The Hall–Kier alpha value is -2.71. The van der Waals surface area contributed by atoms with Gasteiger partial charge in [0, 0.05) is 26.7 Å². The van der Waals surface area contributed by atoms with E-state index < -0.39 is 22.1 Å². The number of hydrogen-bond acceptors (Lipinski definition) is 5. The number of carbonyl (C=O) groups is 2. The fourth-order valence-corrected chi connectivity index (χ4v) is 5.30. The maximum Gasteiger partial charge on any atom is 0.338 e. The van der Waals surface area contributed by atoms with Crippen LogP contribution in [-0.4, -0.2) is 55.7 Å². The van der Waals surface area contributed by atoms with E-state index in [-0.39, 0.29) is 16.4 Å². The molecule has 1 amide bonds. The van der Waals surface area contributed by atoms with Gasteiger partial charge in [0.05, 0.1) is 10.5 Å². The minimum Gasteiger partial charge on any atom is -0.449 e. The number of hydrogen-bond donors (Lipinski definition) is 0. The Labute approximate surface area is 190 Å². The molecule has 0 bridgehead atoms. The molecule has 7 nitrogen and oxygen atoms in total. The van der Waals surface area contributed by atoms with Gasteiger partial charge in [-0.05, 0) is 43.5 Å². The molecule has 1 fully saturated rings. The van der Waals surface area contributed by atoms with Crippen LogP contribution >= 0.6 is 0 Å². The Morgan fingerprint density at radius 3 is 2.31 bits per heavy atom. The van der Waals surface area contributed by atoms with Crippen molar-refractivity contribution in [2.75, 3.05) is 20.1 Å². The van der Waals surface area contributed by atoms with E-state index in [2.05, 4.69) is 0 Å². The van der Waals surface area contributed by atoms with Crippen LogP contribution in [0.15, 0.2) is 59.5 Å². The van der Waals surface area contributed by atoms with Crippen LogP contribution in [0.5, 0.6) is 0 Å². The van der Waals surface area contributed by atoms with Crippen molar-refractivity contribution in [1.29, 1.82) is 0 Å². The summed E-state index contributed by atoms with van der Waals surface area (Å²) in [4.78, 5) is 26.8. The van der Waals surface area contributed by atoms with E-state index in [9.17, 15) is 18.0 Å². The number of ether oxygens (including phenoxy) is 1. The topological polar surface area (TPSA) is 84.0 Å². The van der Waals surface area contributed by atoms with Crippen molar-refractivity contribution in [3.8, 4) is 0 Å². The molecule has 1 saturated heterocycles. The van der Waals surface area contributed by atoms with Crippen molar-refractivity contribution in [3.63, 3.8) is 0 Å². The summed E-state index contributed by atoms with van der Waals surface area (Å²) in [7, 11) is -2.04. The highest BCUT2D eigenvalue weighted by Crippen LogP contribution is 2.21. The molecular formula is C24H30N2O5S. The molecule has 0 aromatic heterocycles. The lowest BCUT2D eigenvalue weighted by Crippen LogP contribution is -2.37. The van der Waals surface area contributed by atoms with Crippen molar-refractivity contribution < 1.29 is 22.7 Å². The van der Waals surface area contributed by atoms with Crippen LogP contribution in [0.2, 0.25) is 0 Å². The second kappa shape index (κ2) is 10.7. The zero-order valence-corrected chi connectivity index (χ0v) is 19.4. The Morgan fingerprint density at radius 2 is 1.66 bits per heavy atom. The van der Waals surface area contributed by atoms with Gasteiger partial charge in [0.1, 0.15) is 0 Å². The van der Waals surface area contributed by atoms with Crippen LogP contribution in [0.4, 0.5) is 0 Å². The molecule has 0 N–H and O–H groups in total. The molecule has 172 valence electrons. The third-order valence-electron chi connectivity index (χ3n) is 5.54. The van der Waals surface area contributed by atoms with Gasteiger partial charge in [0.25, 0.3) is 5.91 Å². The minimum absolute atomic E-state index is 0.0639. The Bertz CT molecular complexity index is 1030. The van der Waals surface area contributed by atoms with E-state index in [0.29, 0.717) is 19.6 Å². The van der Waals surface area contributed by atoms with E-state index in [0.717, 1.165) is 31.2 Å². The summed E-state index contributed by atoms with van der Waals surface area (Å²) >= 11 is 0. The van der Waals surface area contributed by atoms with Crippen molar-refractivity contribution in [2.24, 2.45) is 0 Å². The Balaban J connectivity index is 1.66. The van der Waals surface area contributed by atoms with Gasteiger partial charge in [0.15, 0.2) is 6.10 Å². The highest BCUT2D eigenvalue weighted by atomic mass is 32.2. The number of benzene rings is 2. The van der Waals surface area contributed by atoms with Crippen molar-refractivity contribution >= 4 is 21.9 Å². The summed E-state index contributed by atoms with van der Waals surface area (Å²) in [5.74, 6) is -1.07. The van der Waals surface area contributed by atoms with E-state index in [1.807, 2.05) is 30.3 Å². The van der Waals surface area contributed by atoms with Crippen molar-refractivity contribution in [1.82, 2.24) is 9.21 Å². The van der Waals surface area contributed by atoms with Gasteiger partial charge >= 0.3 is 5.97 Å². The summed E-state index contributed by atoms with van der Waals surface area (Å²) in [5, 5.41) is 0. The fourth-order valence-electron chi connectivity index (χ4n) is 3.74. The predicted molar refractivity (Wildman–Crippen MR) is 121 cm³/mol. The Morgan fingerprint density at radius 1 is 1.00 bits per heavy atom. The lowest BCUT2D eigenvalue weighted by atomic mass is 10.2.